The number of nitrogens with one attached hydrogen (secondary N) is 1. The van der Waals surface area contributed by atoms with Crippen molar-refractivity contribution in [1.29, 1.82) is 0 Å². The van der Waals surface area contributed by atoms with E-state index in [2.05, 4.69) is 5.32 Å². The first kappa shape index (κ1) is 18.1. The zero-order valence-corrected chi connectivity index (χ0v) is 14.7. The third-order valence-electron chi connectivity index (χ3n) is 3.40. The van der Waals surface area contributed by atoms with Gasteiger partial charge in [-0.25, -0.2) is 0 Å². The smallest absolute Gasteiger partial charge is 0.262 e. The Morgan fingerprint density at radius 3 is 2.59 bits per heavy atom. The number of alkyl halides is 3. The molecule has 4 nitrogen and oxygen atoms in total. The molecule has 0 spiro atoms. The van der Waals surface area contributed by atoms with Crippen LogP contribution in [-0.4, -0.2) is 35.1 Å². The topological polar surface area (TPSA) is 54.9 Å². The molecule has 1 saturated heterocycles. The molecular weight excluding hydrogens is 370 g/mol. The second-order valence-corrected chi connectivity index (χ2v) is 7.91. The lowest BCUT2D eigenvalue weighted by Gasteiger charge is -2.24. The van der Waals surface area contributed by atoms with Gasteiger partial charge in [0.15, 0.2) is 0 Å². The molecule has 0 radical (unpaired) electrons. The van der Waals surface area contributed by atoms with Gasteiger partial charge in [0.2, 0.25) is 6.17 Å². The zero-order valence-electron chi connectivity index (χ0n) is 11.7. The van der Waals surface area contributed by atoms with Crippen molar-refractivity contribution in [2.45, 2.75) is 28.9 Å². The fourth-order valence-electron chi connectivity index (χ4n) is 2.22. The summed E-state index contributed by atoms with van der Waals surface area (Å²) in [5.74, 6) is -0.323. The summed E-state index contributed by atoms with van der Waals surface area (Å²) in [6, 6.07) is 6.51. The van der Waals surface area contributed by atoms with E-state index in [1.54, 1.807) is 29.6 Å². The number of carbonyl (C=O) groups excluding carboxylic acids is 1. The molecule has 1 fully saturated rings. The summed E-state index contributed by atoms with van der Waals surface area (Å²) in [5.41, 5.74) is 0.453. The summed E-state index contributed by atoms with van der Waals surface area (Å²) in [6.45, 7) is 1.38. The number of quaternary nitrogens is 1. The Hall–Kier alpha value is -0.230. The van der Waals surface area contributed by atoms with E-state index in [9.17, 15) is 4.79 Å². The highest BCUT2D eigenvalue weighted by Gasteiger charge is 2.38. The molecule has 0 aliphatic carbocycles. The van der Waals surface area contributed by atoms with E-state index in [0.29, 0.717) is 17.1 Å². The van der Waals surface area contributed by atoms with E-state index in [1.165, 1.54) is 0 Å². The van der Waals surface area contributed by atoms with Gasteiger partial charge in [-0.1, -0.05) is 46.4 Å². The van der Waals surface area contributed by atoms with Gasteiger partial charge in [0.05, 0.1) is 0 Å². The monoisotopic (exact) mass is 385 g/mol. The maximum Gasteiger partial charge on any atom is 0.262 e. The lowest BCUT2D eigenvalue weighted by Crippen LogP contribution is -2.97. The molecule has 2 atom stereocenters. The first-order chi connectivity index (χ1) is 10.4. The van der Waals surface area contributed by atoms with Gasteiger partial charge in [0, 0.05) is 17.2 Å². The number of carbonyl (C=O) groups is 1. The van der Waals surface area contributed by atoms with Crippen molar-refractivity contribution >= 4 is 52.3 Å². The van der Waals surface area contributed by atoms with E-state index >= 15 is 0 Å². The Labute approximate surface area is 149 Å². The molecule has 0 aromatic heterocycles. The van der Waals surface area contributed by atoms with Gasteiger partial charge in [0.1, 0.15) is 12.6 Å². The van der Waals surface area contributed by atoms with E-state index in [4.69, 9.17) is 51.1 Å². The number of benzene rings is 1. The van der Waals surface area contributed by atoms with Gasteiger partial charge in [-0.2, -0.15) is 0 Å². The van der Waals surface area contributed by atoms with Crippen LogP contribution < -0.4 is 10.6 Å². The Morgan fingerprint density at radius 2 is 2.05 bits per heavy atom. The number of hydrogen-bond donors (Lipinski definition) is 2. The minimum absolute atomic E-state index is 0.127. The Balaban J connectivity index is 1.96. The minimum atomic E-state index is -1.62. The molecule has 0 saturated carbocycles. The number of rotatable bonds is 5. The van der Waals surface area contributed by atoms with E-state index in [1.807, 2.05) is 0 Å². The summed E-state index contributed by atoms with van der Waals surface area (Å²) in [6.07, 6.45) is 1.44. The lowest BCUT2D eigenvalue weighted by molar-refractivity contribution is -0.697. The summed E-state index contributed by atoms with van der Waals surface area (Å²) >= 11 is 23.7. The van der Waals surface area contributed by atoms with Crippen molar-refractivity contribution in [3.05, 3.63) is 34.9 Å². The highest BCUT2D eigenvalue weighted by atomic mass is 35.6. The standard InChI is InChI=1S/C14H16Cl4N2O2/c15-10-5-3-9(4-6-10)12(21)20-13(14(16,17)18)19-8-11-2-1-7-22-11/h3-6,11,13,19H,1-2,7-8H2,(H,20,21)/p+1/t11-,13-/m1/s1. The van der Waals surface area contributed by atoms with Crippen molar-refractivity contribution in [1.82, 2.24) is 5.32 Å². The number of halogens is 4. The van der Waals surface area contributed by atoms with Crippen LogP contribution in [-0.2, 0) is 4.74 Å². The zero-order chi connectivity index (χ0) is 16.2. The second kappa shape index (κ2) is 8.04. The predicted molar refractivity (Wildman–Crippen MR) is 88.8 cm³/mol. The number of nitrogens with two attached hydrogens (primary N) is 1. The van der Waals surface area contributed by atoms with Crippen LogP contribution in [0.5, 0.6) is 0 Å². The Morgan fingerprint density at radius 1 is 1.36 bits per heavy atom. The molecule has 0 bridgehead atoms. The second-order valence-electron chi connectivity index (χ2n) is 5.11. The molecule has 1 aromatic carbocycles. The fourth-order valence-corrected chi connectivity index (χ4v) is 2.78. The van der Waals surface area contributed by atoms with Gasteiger partial charge in [-0.05, 0) is 37.1 Å². The van der Waals surface area contributed by atoms with Crippen LogP contribution in [0.1, 0.15) is 23.2 Å². The Bertz CT molecular complexity index is 499. The molecule has 1 aliphatic rings. The molecule has 3 N–H and O–H groups in total. The number of hydrogen-bond acceptors (Lipinski definition) is 2. The van der Waals surface area contributed by atoms with Crippen molar-refractivity contribution in [3.63, 3.8) is 0 Å². The van der Waals surface area contributed by atoms with Crippen LogP contribution >= 0.6 is 46.4 Å². The minimum Gasteiger partial charge on any atom is -0.372 e. The molecule has 1 aromatic rings. The normalized spacial score (nSPS) is 19.9. The van der Waals surface area contributed by atoms with Crippen molar-refractivity contribution in [2.24, 2.45) is 0 Å². The SMILES string of the molecule is O=C(N[C@@H]([NH2+]C[C@H]1CCCO1)C(Cl)(Cl)Cl)c1ccc(Cl)cc1. The van der Waals surface area contributed by atoms with Gasteiger partial charge in [0.25, 0.3) is 9.70 Å². The Kier molecular flexibility index (Phi) is 6.62. The van der Waals surface area contributed by atoms with Crippen LogP contribution in [0.2, 0.25) is 5.02 Å². The van der Waals surface area contributed by atoms with E-state index in [0.717, 1.165) is 19.4 Å². The van der Waals surface area contributed by atoms with Gasteiger partial charge in [-0.15, -0.1) is 0 Å². The largest absolute Gasteiger partial charge is 0.372 e. The van der Waals surface area contributed by atoms with Crippen molar-refractivity contribution in [3.8, 4) is 0 Å². The van der Waals surface area contributed by atoms with Crippen molar-refractivity contribution < 1.29 is 14.8 Å². The molecule has 1 heterocycles. The van der Waals surface area contributed by atoms with Crippen LogP contribution in [0.15, 0.2) is 24.3 Å². The molecule has 0 unspecified atom stereocenters. The summed E-state index contributed by atoms with van der Waals surface area (Å²) in [5, 5.41) is 5.07. The average molecular weight is 387 g/mol. The van der Waals surface area contributed by atoms with Crippen LogP contribution in [0.4, 0.5) is 0 Å². The number of ether oxygens (including phenoxy) is 1. The van der Waals surface area contributed by atoms with E-state index < -0.39 is 9.96 Å². The van der Waals surface area contributed by atoms with Gasteiger partial charge in [-0.3, -0.25) is 10.1 Å². The van der Waals surface area contributed by atoms with Gasteiger partial charge < -0.3 is 10.1 Å². The first-order valence-electron chi connectivity index (χ1n) is 6.94. The highest BCUT2D eigenvalue weighted by molar-refractivity contribution is 6.68. The molecule has 2 rings (SSSR count). The quantitative estimate of drug-likeness (QED) is 0.603. The molecule has 22 heavy (non-hydrogen) atoms. The summed E-state index contributed by atoms with van der Waals surface area (Å²) in [7, 11) is 0. The van der Waals surface area contributed by atoms with Crippen LogP contribution in [0.25, 0.3) is 0 Å². The molecular formula is C14H17Cl4N2O2+. The summed E-state index contributed by atoms with van der Waals surface area (Å²) in [4.78, 5) is 12.2. The molecule has 1 aliphatic heterocycles. The third-order valence-corrected chi connectivity index (χ3v) is 4.36. The molecule has 122 valence electrons. The fraction of sp³-hybridized carbons (Fsp3) is 0.500. The maximum atomic E-state index is 12.2. The van der Waals surface area contributed by atoms with Crippen LogP contribution in [0, 0.1) is 0 Å². The summed E-state index contributed by atoms with van der Waals surface area (Å²) < 4.78 is 3.91. The average Bonchev–Trinajstić information content (AvgIpc) is 2.96. The maximum absolute atomic E-state index is 12.2. The lowest BCUT2D eigenvalue weighted by atomic mass is 10.2. The predicted octanol–water partition coefficient (Wildman–Crippen LogP) is 2.51. The highest BCUT2D eigenvalue weighted by Crippen LogP contribution is 2.27. The molecule has 1 amide bonds. The number of amides is 1. The third kappa shape index (κ3) is 5.44. The van der Waals surface area contributed by atoms with Crippen LogP contribution in [0.3, 0.4) is 0 Å². The van der Waals surface area contributed by atoms with Crippen molar-refractivity contribution in [2.75, 3.05) is 13.2 Å². The van der Waals surface area contributed by atoms with E-state index in [-0.39, 0.29) is 12.0 Å². The first-order valence-corrected chi connectivity index (χ1v) is 8.45. The van der Waals surface area contributed by atoms with Gasteiger partial charge >= 0.3 is 0 Å². The molecule has 8 heteroatoms.